The SMILES string of the molecule is CCN(C(=O)c1cncc(-c2ccc(C(F)(F)F)cc2)n1)c1ccc(Cl)cc1. The molecule has 0 saturated heterocycles. The minimum absolute atomic E-state index is 0.0918. The van der Waals surface area contributed by atoms with Gasteiger partial charge >= 0.3 is 6.18 Å². The number of carbonyl (C=O) groups is 1. The Morgan fingerprint density at radius 2 is 1.68 bits per heavy atom. The molecule has 0 bridgehead atoms. The summed E-state index contributed by atoms with van der Waals surface area (Å²) in [5.74, 6) is -0.369. The average molecular weight is 406 g/mol. The molecule has 1 amide bonds. The lowest BCUT2D eigenvalue weighted by molar-refractivity contribution is -0.137. The molecule has 8 heteroatoms. The van der Waals surface area contributed by atoms with Gasteiger partial charge in [0.05, 0.1) is 23.7 Å². The first-order valence-electron chi connectivity index (χ1n) is 8.36. The summed E-state index contributed by atoms with van der Waals surface area (Å²) in [5, 5.41) is 0.552. The molecular weight excluding hydrogens is 391 g/mol. The van der Waals surface area contributed by atoms with Crippen LogP contribution in [0.25, 0.3) is 11.3 Å². The Balaban J connectivity index is 1.89. The van der Waals surface area contributed by atoms with E-state index in [4.69, 9.17) is 11.6 Å². The van der Waals surface area contributed by atoms with E-state index in [0.717, 1.165) is 12.1 Å². The third kappa shape index (κ3) is 4.31. The van der Waals surface area contributed by atoms with Crippen molar-refractivity contribution in [2.24, 2.45) is 0 Å². The number of anilines is 1. The van der Waals surface area contributed by atoms with Crippen LogP contribution < -0.4 is 4.90 Å². The summed E-state index contributed by atoms with van der Waals surface area (Å²) in [6, 6.07) is 11.3. The van der Waals surface area contributed by atoms with Gasteiger partial charge in [-0.05, 0) is 43.3 Å². The predicted molar refractivity (Wildman–Crippen MR) is 101 cm³/mol. The van der Waals surface area contributed by atoms with Gasteiger partial charge in [-0.1, -0.05) is 23.7 Å². The highest BCUT2D eigenvalue weighted by atomic mass is 35.5. The van der Waals surface area contributed by atoms with Crippen molar-refractivity contribution in [3.05, 3.63) is 77.2 Å². The predicted octanol–water partition coefficient (Wildman–Crippen LogP) is 5.48. The molecule has 1 aromatic heterocycles. The van der Waals surface area contributed by atoms with E-state index in [2.05, 4.69) is 9.97 Å². The van der Waals surface area contributed by atoms with Crippen molar-refractivity contribution in [1.29, 1.82) is 0 Å². The van der Waals surface area contributed by atoms with E-state index in [1.54, 1.807) is 24.3 Å². The Bertz CT molecular complexity index is 973. The maximum absolute atomic E-state index is 12.9. The number of hydrogen-bond donors (Lipinski definition) is 0. The van der Waals surface area contributed by atoms with E-state index >= 15 is 0 Å². The van der Waals surface area contributed by atoms with Crippen LogP contribution in [0.1, 0.15) is 23.0 Å². The number of hydrogen-bond acceptors (Lipinski definition) is 3. The first-order valence-corrected chi connectivity index (χ1v) is 8.74. The molecule has 0 unspecified atom stereocenters. The molecule has 4 nitrogen and oxygen atoms in total. The van der Waals surface area contributed by atoms with Crippen LogP contribution in [0.3, 0.4) is 0 Å². The van der Waals surface area contributed by atoms with Gasteiger partial charge < -0.3 is 4.90 Å². The molecular formula is C20H15ClF3N3O. The molecule has 28 heavy (non-hydrogen) atoms. The summed E-state index contributed by atoms with van der Waals surface area (Å²) in [6.45, 7) is 2.21. The lowest BCUT2D eigenvalue weighted by Gasteiger charge is -2.20. The number of halogens is 4. The van der Waals surface area contributed by atoms with E-state index in [-0.39, 0.29) is 11.6 Å². The minimum Gasteiger partial charge on any atom is -0.307 e. The molecule has 0 spiro atoms. The maximum Gasteiger partial charge on any atom is 0.416 e. The number of rotatable bonds is 4. The lowest BCUT2D eigenvalue weighted by Crippen LogP contribution is -2.31. The van der Waals surface area contributed by atoms with E-state index < -0.39 is 11.7 Å². The molecule has 3 aromatic rings. The Kier molecular flexibility index (Phi) is 5.65. The van der Waals surface area contributed by atoms with E-state index in [0.29, 0.717) is 28.5 Å². The maximum atomic E-state index is 12.9. The molecule has 0 aliphatic heterocycles. The molecule has 0 radical (unpaired) electrons. The topological polar surface area (TPSA) is 46.1 Å². The monoisotopic (exact) mass is 405 g/mol. The van der Waals surface area contributed by atoms with E-state index in [1.807, 2.05) is 6.92 Å². The molecule has 0 aliphatic carbocycles. The van der Waals surface area contributed by atoms with Crippen molar-refractivity contribution in [2.45, 2.75) is 13.1 Å². The Morgan fingerprint density at radius 3 is 2.25 bits per heavy atom. The highest BCUT2D eigenvalue weighted by Crippen LogP contribution is 2.30. The van der Waals surface area contributed by atoms with Crippen LogP contribution in [0.4, 0.5) is 18.9 Å². The zero-order valence-electron chi connectivity index (χ0n) is 14.7. The third-order valence-electron chi connectivity index (χ3n) is 4.06. The molecule has 1 heterocycles. The van der Waals surface area contributed by atoms with Gasteiger partial charge in [0.1, 0.15) is 5.69 Å². The van der Waals surface area contributed by atoms with Gasteiger partial charge in [-0.25, -0.2) is 4.98 Å². The fraction of sp³-hybridized carbons (Fsp3) is 0.150. The number of alkyl halides is 3. The van der Waals surface area contributed by atoms with Crippen molar-refractivity contribution in [1.82, 2.24) is 9.97 Å². The van der Waals surface area contributed by atoms with Crippen molar-refractivity contribution in [2.75, 3.05) is 11.4 Å². The summed E-state index contributed by atoms with van der Waals surface area (Å²) in [4.78, 5) is 22.7. The summed E-state index contributed by atoms with van der Waals surface area (Å²) >= 11 is 5.89. The highest BCUT2D eigenvalue weighted by Gasteiger charge is 2.30. The Hall–Kier alpha value is -2.93. The van der Waals surface area contributed by atoms with Crippen LogP contribution in [-0.2, 0) is 6.18 Å². The lowest BCUT2D eigenvalue weighted by atomic mass is 10.1. The van der Waals surface area contributed by atoms with Gasteiger partial charge in [-0.3, -0.25) is 9.78 Å². The van der Waals surface area contributed by atoms with Gasteiger partial charge in [-0.15, -0.1) is 0 Å². The first-order chi connectivity index (χ1) is 13.3. The number of nitrogens with zero attached hydrogens (tertiary/aromatic N) is 3. The van der Waals surface area contributed by atoms with Crippen LogP contribution in [0.15, 0.2) is 60.9 Å². The largest absolute Gasteiger partial charge is 0.416 e. The fourth-order valence-electron chi connectivity index (χ4n) is 2.64. The Morgan fingerprint density at radius 1 is 1.04 bits per heavy atom. The van der Waals surface area contributed by atoms with Gasteiger partial charge in [0, 0.05) is 22.8 Å². The normalized spacial score (nSPS) is 11.3. The second-order valence-corrected chi connectivity index (χ2v) is 6.33. The van der Waals surface area contributed by atoms with E-state index in [9.17, 15) is 18.0 Å². The summed E-state index contributed by atoms with van der Waals surface area (Å²) in [7, 11) is 0. The number of amides is 1. The van der Waals surface area contributed by atoms with Crippen LogP contribution >= 0.6 is 11.6 Å². The fourth-order valence-corrected chi connectivity index (χ4v) is 2.77. The van der Waals surface area contributed by atoms with Crippen LogP contribution in [0.5, 0.6) is 0 Å². The highest BCUT2D eigenvalue weighted by molar-refractivity contribution is 6.30. The molecule has 0 N–H and O–H groups in total. The summed E-state index contributed by atoms with van der Waals surface area (Å²) < 4.78 is 38.2. The number of aromatic nitrogens is 2. The Labute approximate surface area is 164 Å². The minimum atomic E-state index is -4.41. The number of benzene rings is 2. The second-order valence-electron chi connectivity index (χ2n) is 5.89. The molecule has 2 aromatic carbocycles. The number of carbonyl (C=O) groups excluding carboxylic acids is 1. The zero-order chi connectivity index (χ0) is 20.3. The van der Waals surface area contributed by atoms with Crippen molar-refractivity contribution in [3.8, 4) is 11.3 Å². The van der Waals surface area contributed by atoms with Crippen molar-refractivity contribution >= 4 is 23.2 Å². The van der Waals surface area contributed by atoms with Crippen LogP contribution in [0.2, 0.25) is 5.02 Å². The van der Waals surface area contributed by atoms with Crippen LogP contribution in [-0.4, -0.2) is 22.4 Å². The van der Waals surface area contributed by atoms with Crippen molar-refractivity contribution in [3.63, 3.8) is 0 Å². The third-order valence-corrected chi connectivity index (χ3v) is 4.31. The smallest absolute Gasteiger partial charge is 0.307 e. The summed E-state index contributed by atoms with van der Waals surface area (Å²) in [6.07, 6.45) is -1.69. The second kappa shape index (κ2) is 7.98. The van der Waals surface area contributed by atoms with Gasteiger partial charge in [-0.2, -0.15) is 13.2 Å². The van der Waals surface area contributed by atoms with Gasteiger partial charge in [0.25, 0.3) is 5.91 Å². The first kappa shape index (κ1) is 19.8. The molecule has 3 rings (SSSR count). The molecule has 144 valence electrons. The quantitative estimate of drug-likeness (QED) is 0.577. The van der Waals surface area contributed by atoms with Crippen molar-refractivity contribution < 1.29 is 18.0 Å². The van der Waals surface area contributed by atoms with E-state index in [1.165, 1.54) is 29.4 Å². The molecule has 0 fully saturated rings. The molecule has 0 atom stereocenters. The van der Waals surface area contributed by atoms with Crippen LogP contribution in [0, 0.1) is 0 Å². The average Bonchev–Trinajstić information content (AvgIpc) is 2.69. The van der Waals surface area contributed by atoms with Gasteiger partial charge in [0.15, 0.2) is 0 Å². The molecule has 0 saturated carbocycles. The zero-order valence-corrected chi connectivity index (χ0v) is 15.5. The molecule has 0 aliphatic rings. The van der Waals surface area contributed by atoms with Gasteiger partial charge in [0.2, 0.25) is 0 Å². The standard InChI is InChI=1S/C20H15ClF3N3O/c1-2-27(16-9-7-15(21)8-10-16)19(28)18-12-25-11-17(26-18)13-3-5-14(6-4-13)20(22,23)24/h3-12H,2H2,1H3. The summed E-state index contributed by atoms with van der Waals surface area (Å²) in [5.41, 5.74) is 0.737.